The third-order valence-electron chi connectivity index (χ3n) is 7.56. The second-order valence-corrected chi connectivity index (χ2v) is 9.56. The summed E-state index contributed by atoms with van der Waals surface area (Å²) >= 11 is 0. The number of benzene rings is 3. The standard InChI is InChI=1S/C30H31FO4/c1-33-24-13-14-27(31)26(17-24)20-6-8-21(9-7-20)28-15-12-22-10-11-23(16-29(22)35-28)25(18-30(32)34-2)19-4-3-5-19/h6-11,13-14,16-17,19,25,28H,3-5,12,15,18H2,1-2H3/t25-,28+/m0/s1. The molecule has 2 atom stereocenters. The van der Waals surface area contributed by atoms with Crippen LogP contribution in [0.15, 0.2) is 60.7 Å². The SMILES string of the molecule is COC(=O)C[C@H](c1ccc2c(c1)O[C@@H](c1ccc(-c3cc(OC)ccc3F)cc1)CC2)C1CCC1. The van der Waals surface area contributed by atoms with Gasteiger partial charge in [-0.2, -0.15) is 0 Å². The van der Waals surface area contributed by atoms with Crippen LogP contribution < -0.4 is 9.47 Å². The quantitative estimate of drug-likeness (QED) is 0.345. The summed E-state index contributed by atoms with van der Waals surface area (Å²) in [6.45, 7) is 0. The summed E-state index contributed by atoms with van der Waals surface area (Å²) in [5, 5.41) is 0. The van der Waals surface area contributed by atoms with Crippen molar-refractivity contribution < 1.29 is 23.4 Å². The number of halogens is 1. The highest BCUT2D eigenvalue weighted by Crippen LogP contribution is 2.44. The van der Waals surface area contributed by atoms with E-state index in [0.717, 1.165) is 48.1 Å². The Morgan fingerprint density at radius 2 is 1.83 bits per heavy atom. The number of hydrogen-bond acceptors (Lipinski definition) is 4. The zero-order chi connectivity index (χ0) is 24.4. The van der Waals surface area contributed by atoms with Crippen LogP contribution in [0.2, 0.25) is 0 Å². The van der Waals surface area contributed by atoms with Crippen LogP contribution in [0.3, 0.4) is 0 Å². The van der Waals surface area contributed by atoms with Crippen molar-refractivity contribution in [3.63, 3.8) is 0 Å². The molecule has 35 heavy (non-hydrogen) atoms. The van der Waals surface area contributed by atoms with E-state index in [1.807, 2.05) is 24.3 Å². The van der Waals surface area contributed by atoms with Crippen LogP contribution in [0.1, 0.15) is 60.8 Å². The highest BCUT2D eigenvalue weighted by molar-refractivity contribution is 5.70. The summed E-state index contributed by atoms with van der Waals surface area (Å²) in [4.78, 5) is 12.1. The number of fused-ring (bicyclic) bond motifs is 1. The first-order valence-corrected chi connectivity index (χ1v) is 12.4. The van der Waals surface area contributed by atoms with Crippen LogP contribution in [0.4, 0.5) is 4.39 Å². The topological polar surface area (TPSA) is 44.8 Å². The van der Waals surface area contributed by atoms with Gasteiger partial charge in [0.25, 0.3) is 0 Å². The summed E-state index contributed by atoms with van der Waals surface area (Å²) < 4.78 is 31.1. The van der Waals surface area contributed by atoms with Crippen molar-refractivity contribution in [1.29, 1.82) is 0 Å². The molecule has 0 unspecified atom stereocenters. The number of hydrogen-bond donors (Lipinski definition) is 0. The molecule has 0 spiro atoms. The molecule has 1 heterocycles. The van der Waals surface area contributed by atoms with Gasteiger partial charge in [-0.3, -0.25) is 4.79 Å². The molecule has 5 rings (SSSR count). The van der Waals surface area contributed by atoms with Crippen molar-refractivity contribution in [1.82, 2.24) is 0 Å². The van der Waals surface area contributed by atoms with Crippen LogP contribution in [-0.2, 0) is 16.0 Å². The van der Waals surface area contributed by atoms with Gasteiger partial charge < -0.3 is 14.2 Å². The molecule has 0 amide bonds. The molecule has 2 aliphatic rings. The van der Waals surface area contributed by atoms with E-state index in [-0.39, 0.29) is 23.8 Å². The molecule has 182 valence electrons. The Bertz CT molecular complexity index is 1200. The molecule has 3 aromatic rings. The number of rotatable bonds is 7. The van der Waals surface area contributed by atoms with E-state index < -0.39 is 0 Å². The smallest absolute Gasteiger partial charge is 0.306 e. The number of carbonyl (C=O) groups is 1. The van der Waals surface area contributed by atoms with Gasteiger partial charge in [0.2, 0.25) is 0 Å². The summed E-state index contributed by atoms with van der Waals surface area (Å²) in [6.07, 6.45) is 5.69. The lowest BCUT2D eigenvalue weighted by Gasteiger charge is -2.34. The maximum atomic E-state index is 14.4. The predicted molar refractivity (Wildman–Crippen MR) is 133 cm³/mol. The minimum Gasteiger partial charge on any atom is -0.497 e. The third kappa shape index (κ3) is 4.90. The molecular weight excluding hydrogens is 443 g/mol. The molecule has 1 aliphatic carbocycles. The Kier molecular flexibility index (Phi) is 6.76. The number of esters is 1. The molecule has 0 bridgehead atoms. The second kappa shape index (κ2) is 10.1. The van der Waals surface area contributed by atoms with Gasteiger partial charge in [-0.15, -0.1) is 0 Å². The van der Waals surface area contributed by atoms with E-state index in [1.54, 1.807) is 19.2 Å². The molecule has 5 heteroatoms. The molecule has 0 aromatic heterocycles. The molecule has 1 aliphatic heterocycles. The predicted octanol–water partition coefficient (Wildman–Crippen LogP) is 7.01. The van der Waals surface area contributed by atoms with E-state index >= 15 is 0 Å². The second-order valence-electron chi connectivity index (χ2n) is 9.56. The van der Waals surface area contributed by atoms with Gasteiger partial charge in [-0.05, 0) is 84.0 Å². The average Bonchev–Trinajstić information content (AvgIpc) is 2.87. The Hall–Kier alpha value is -3.34. The number of aryl methyl sites for hydroxylation is 1. The Balaban J connectivity index is 1.35. The fourth-order valence-corrected chi connectivity index (χ4v) is 5.24. The van der Waals surface area contributed by atoms with Crippen LogP contribution in [0.25, 0.3) is 11.1 Å². The van der Waals surface area contributed by atoms with E-state index in [2.05, 4.69) is 18.2 Å². The summed E-state index contributed by atoms with van der Waals surface area (Å²) in [5.74, 6) is 1.78. The summed E-state index contributed by atoms with van der Waals surface area (Å²) in [6, 6.07) is 19.1. The molecule has 0 saturated heterocycles. The summed E-state index contributed by atoms with van der Waals surface area (Å²) in [7, 11) is 3.03. The highest BCUT2D eigenvalue weighted by Gasteiger charge is 2.32. The van der Waals surface area contributed by atoms with Crippen molar-refractivity contribution in [2.45, 2.75) is 50.5 Å². The molecular formula is C30H31FO4. The van der Waals surface area contributed by atoms with Crippen LogP contribution >= 0.6 is 0 Å². The number of ether oxygens (including phenoxy) is 3. The van der Waals surface area contributed by atoms with Crippen LogP contribution in [0.5, 0.6) is 11.5 Å². The molecule has 4 nitrogen and oxygen atoms in total. The van der Waals surface area contributed by atoms with Crippen LogP contribution in [0, 0.1) is 11.7 Å². The Morgan fingerprint density at radius 1 is 1.03 bits per heavy atom. The molecule has 1 saturated carbocycles. The van der Waals surface area contributed by atoms with Gasteiger partial charge >= 0.3 is 5.97 Å². The maximum absolute atomic E-state index is 14.4. The minimum absolute atomic E-state index is 0.0651. The lowest BCUT2D eigenvalue weighted by atomic mass is 9.71. The zero-order valence-electron chi connectivity index (χ0n) is 20.3. The normalized spacial score (nSPS) is 18.1. The van der Waals surface area contributed by atoms with Gasteiger partial charge in [0.15, 0.2) is 0 Å². The Morgan fingerprint density at radius 3 is 2.51 bits per heavy atom. The monoisotopic (exact) mass is 474 g/mol. The first-order valence-electron chi connectivity index (χ1n) is 12.4. The van der Waals surface area contributed by atoms with Gasteiger partial charge in [-0.1, -0.05) is 42.8 Å². The maximum Gasteiger partial charge on any atom is 0.306 e. The van der Waals surface area contributed by atoms with Crippen molar-refractivity contribution in [3.8, 4) is 22.6 Å². The van der Waals surface area contributed by atoms with E-state index in [0.29, 0.717) is 23.7 Å². The molecule has 0 N–H and O–H groups in total. The van der Waals surface area contributed by atoms with Gasteiger partial charge in [0.05, 0.1) is 20.6 Å². The fraction of sp³-hybridized carbons (Fsp3) is 0.367. The van der Waals surface area contributed by atoms with Crippen molar-refractivity contribution >= 4 is 5.97 Å². The van der Waals surface area contributed by atoms with Gasteiger partial charge in [0.1, 0.15) is 23.4 Å². The van der Waals surface area contributed by atoms with Crippen molar-refractivity contribution in [2.24, 2.45) is 5.92 Å². The average molecular weight is 475 g/mol. The Labute approximate surface area is 206 Å². The van der Waals surface area contributed by atoms with Crippen LogP contribution in [-0.4, -0.2) is 20.2 Å². The van der Waals surface area contributed by atoms with Gasteiger partial charge in [-0.25, -0.2) is 4.39 Å². The van der Waals surface area contributed by atoms with Gasteiger partial charge in [0, 0.05) is 5.56 Å². The first-order chi connectivity index (χ1) is 17.1. The van der Waals surface area contributed by atoms with Crippen molar-refractivity contribution in [2.75, 3.05) is 14.2 Å². The number of carbonyl (C=O) groups excluding carboxylic acids is 1. The highest BCUT2D eigenvalue weighted by atomic mass is 19.1. The summed E-state index contributed by atoms with van der Waals surface area (Å²) in [5.41, 5.74) is 4.74. The molecule has 3 aromatic carbocycles. The zero-order valence-corrected chi connectivity index (χ0v) is 20.3. The van der Waals surface area contributed by atoms with E-state index in [9.17, 15) is 9.18 Å². The molecule has 0 radical (unpaired) electrons. The lowest BCUT2D eigenvalue weighted by molar-refractivity contribution is -0.141. The molecule has 1 fully saturated rings. The lowest BCUT2D eigenvalue weighted by Crippen LogP contribution is -2.24. The third-order valence-corrected chi connectivity index (χ3v) is 7.56. The fourth-order valence-electron chi connectivity index (χ4n) is 5.24. The minimum atomic E-state index is -0.276. The first kappa shape index (κ1) is 23.4. The number of methoxy groups -OCH3 is 2. The van der Waals surface area contributed by atoms with E-state index in [1.165, 1.54) is 25.2 Å². The van der Waals surface area contributed by atoms with E-state index in [4.69, 9.17) is 14.2 Å². The largest absolute Gasteiger partial charge is 0.497 e. The van der Waals surface area contributed by atoms with Crippen molar-refractivity contribution in [3.05, 3.63) is 83.2 Å².